The average Bonchev–Trinajstić information content (AvgIpc) is 2.30. The van der Waals surface area contributed by atoms with E-state index in [0.717, 1.165) is 25.3 Å². The predicted molar refractivity (Wildman–Crippen MR) is 65.0 cm³/mol. The largest absolute Gasteiger partial charge is 0.492 e. The first-order valence-corrected chi connectivity index (χ1v) is 6.19. The first-order valence-electron chi connectivity index (χ1n) is 5.81. The molecule has 1 fully saturated rings. The quantitative estimate of drug-likeness (QED) is 0.879. The van der Waals surface area contributed by atoms with Crippen LogP contribution in [0.5, 0.6) is 5.75 Å². The molecule has 0 spiro atoms. The van der Waals surface area contributed by atoms with Gasteiger partial charge in [0.15, 0.2) is 0 Å². The van der Waals surface area contributed by atoms with Gasteiger partial charge in [-0.05, 0) is 25.8 Å². The molecular weight excluding hydrogens is 224 g/mol. The SMILES string of the molecule is Clc1cncc(OCCC2CCCCN2)c1. The molecule has 0 aliphatic carbocycles. The number of nitrogens with zero attached hydrogens (tertiary/aromatic N) is 1. The lowest BCUT2D eigenvalue weighted by Crippen LogP contribution is -2.35. The van der Waals surface area contributed by atoms with Crippen LogP contribution in [-0.4, -0.2) is 24.2 Å². The van der Waals surface area contributed by atoms with Crippen LogP contribution in [0, 0.1) is 0 Å². The first-order chi connectivity index (χ1) is 7.84. The Labute approximate surface area is 101 Å². The smallest absolute Gasteiger partial charge is 0.139 e. The fourth-order valence-electron chi connectivity index (χ4n) is 1.96. The van der Waals surface area contributed by atoms with Crippen LogP contribution in [0.2, 0.25) is 5.02 Å². The van der Waals surface area contributed by atoms with Gasteiger partial charge in [-0.25, -0.2) is 0 Å². The van der Waals surface area contributed by atoms with Crippen LogP contribution in [0.25, 0.3) is 0 Å². The van der Waals surface area contributed by atoms with Gasteiger partial charge < -0.3 is 10.1 Å². The molecule has 1 aliphatic heterocycles. The third-order valence-corrected chi connectivity index (χ3v) is 3.03. The zero-order valence-corrected chi connectivity index (χ0v) is 10.0. The third kappa shape index (κ3) is 3.65. The number of halogens is 1. The van der Waals surface area contributed by atoms with E-state index in [4.69, 9.17) is 16.3 Å². The highest BCUT2D eigenvalue weighted by Gasteiger charge is 2.11. The van der Waals surface area contributed by atoms with Crippen molar-refractivity contribution in [2.24, 2.45) is 0 Å². The number of hydrogen-bond donors (Lipinski definition) is 1. The zero-order chi connectivity index (χ0) is 11.2. The van der Waals surface area contributed by atoms with Crippen LogP contribution in [0.1, 0.15) is 25.7 Å². The lowest BCUT2D eigenvalue weighted by Gasteiger charge is -2.23. The van der Waals surface area contributed by atoms with Gasteiger partial charge in [-0.15, -0.1) is 0 Å². The summed E-state index contributed by atoms with van der Waals surface area (Å²) in [6.45, 7) is 1.86. The van der Waals surface area contributed by atoms with Gasteiger partial charge in [-0.2, -0.15) is 0 Å². The standard InChI is InChI=1S/C12H17ClN2O/c13-10-7-12(9-14-8-10)16-6-4-11-3-1-2-5-15-11/h7-9,11,15H,1-6H2. The van der Waals surface area contributed by atoms with Crippen molar-refractivity contribution in [1.29, 1.82) is 0 Å². The van der Waals surface area contributed by atoms with Gasteiger partial charge in [0.05, 0.1) is 17.8 Å². The van der Waals surface area contributed by atoms with Crippen molar-refractivity contribution in [2.75, 3.05) is 13.2 Å². The number of piperidine rings is 1. The number of hydrogen-bond acceptors (Lipinski definition) is 3. The summed E-state index contributed by atoms with van der Waals surface area (Å²) in [7, 11) is 0. The lowest BCUT2D eigenvalue weighted by molar-refractivity contribution is 0.267. The molecule has 1 unspecified atom stereocenters. The zero-order valence-electron chi connectivity index (χ0n) is 9.29. The highest BCUT2D eigenvalue weighted by atomic mass is 35.5. The number of ether oxygens (including phenoxy) is 1. The molecule has 2 heterocycles. The molecule has 1 N–H and O–H groups in total. The van der Waals surface area contributed by atoms with Crippen molar-refractivity contribution in [3.05, 3.63) is 23.5 Å². The van der Waals surface area contributed by atoms with Gasteiger partial charge in [-0.1, -0.05) is 18.0 Å². The van der Waals surface area contributed by atoms with Gasteiger partial charge in [0, 0.05) is 18.3 Å². The summed E-state index contributed by atoms with van der Waals surface area (Å²) in [6, 6.07) is 2.41. The molecule has 1 aromatic rings. The molecule has 1 atom stereocenters. The Morgan fingerprint density at radius 1 is 1.44 bits per heavy atom. The minimum absolute atomic E-state index is 0.612. The fraction of sp³-hybridized carbons (Fsp3) is 0.583. The minimum Gasteiger partial charge on any atom is -0.492 e. The fourth-order valence-corrected chi connectivity index (χ4v) is 2.12. The van der Waals surface area contributed by atoms with Crippen molar-refractivity contribution in [1.82, 2.24) is 10.3 Å². The summed E-state index contributed by atoms with van der Waals surface area (Å²) in [5.74, 6) is 0.753. The molecule has 2 rings (SSSR count). The number of rotatable bonds is 4. The monoisotopic (exact) mass is 240 g/mol. The van der Waals surface area contributed by atoms with Gasteiger partial charge in [0.25, 0.3) is 0 Å². The summed E-state index contributed by atoms with van der Waals surface area (Å²) in [5, 5.41) is 4.11. The van der Waals surface area contributed by atoms with E-state index in [-0.39, 0.29) is 0 Å². The molecule has 4 heteroatoms. The molecule has 0 aromatic carbocycles. The molecule has 0 bridgehead atoms. The maximum Gasteiger partial charge on any atom is 0.139 e. The first kappa shape index (κ1) is 11.7. The van der Waals surface area contributed by atoms with E-state index in [2.05, 4.69) is 10.3 Å². The second kappa shape index (κ2) is 6.06. The van der Waals surface area contributed by atoms with Crippen LogP contribution in [0.4, 0.5) is 0 Å². The van der Waals surface area contributed by atoms with E-state index in [1.807, 2.05) is 0 Å². The Kier molecular flexibility index (Phi) is 4.43. The molecule has 0 radical (unpaired) electrons. The average molecular weight is 241 g/mol. The van der Waals surface area contributed by atoms with E-state index in [1.54, 1.807) is 18.5 Å². The van der Waals surface area contributed by atoms with Crippen LogP contribution in [0.15, 0.2) is 18.5 Å². The molecule has 16 heavy (non-hydrogen) atoms. The molecular formula is C12H17ClN2O. The predicted octanol–water partition coefficient (Wildman–Crippen LogP) is 2.65. The van der Waals surface area contributed by atoms with Gasteiger partial charge >= 0.3 is 0 Å². The summed E-state index contributed by atoms with van der Waals surface area (Å²) in [4.78, 5) is 3.98. The molecule has 88 valence electrons. The van der Waals surface area contributed by atoms with E-state index >= 15 is 0 Å². The molecule has 3 nitrogen and oxygen atoms in total. The summed E-state index contributed by atoms with van der Waals surface area (Å²) >= 11 is 5.82. The second-order valence-electron chi connectivity index (χ2n) is 4.12. The highest BCUT2D eigenvalue weighted by molar-refractivity contribution is 6.30. The number of aromatic nitrogens is 1. The molecule has 1 saturated heterocycles. The Hall–Kier alpha value is -0.800. The van der Waals surface area contributed by atoms with E-state index in [1.165, 1.54) is 19.3 Å². The number of nitrogens with one attached hydrogen (secondary N) is 1. The van der Waals surface area contributed by atoms with Crippen molar-refractivity contribution < 1.29 is 4.74 Å². The van der Waals surface area contributed by atoms with Crippen molar-refractivity contribution in [3.63, 3.8) is 0 Å². The molecule has 1 aromatic heterocycles. The normalized spacial score (nSPS) is 20.7. The van der Waals surface area contributed by atoms with E-state index in [9.17, 15) is 0 Å². The highest BCUT2D eigenvalue weighted by Crippen LogP contribution is 2.16. The van der Waals surface area contributed by atoms with E-state index in [0.29, 0.717) is 11.1 Å². The third-order valence-electron chi connectivity index (χ3n) is 2.83. The Balaban J connectivity index is 1.71. The Morgan fingerprint density at radius 2 is 2.38 bits per heavy atom. The lowest BCUT2D eigenvalue weighted by atomic mass is 10.0. The summed E-state index contributed by atoms with van der Waals surface area (Å²) in [5.41, 5.74) is 0. The molecule has 0 saturated carbocycles. The van der Waals surface area contributed by atoms with Crippen LogP contribution in [0.3, 0.4) is 0 Å². The maximum absolute atomic E-state index is 5.82. The Bertz CT molecular complexity index is 327. The number of pyridine rings is 1. The van der Waals surface area contributed by atoms with Crippen molar-refractivity contribution in [2.45, 2.75) is 31.7 Å². The Morgan fingerprint density at radius 3 is 3.12 bits per heavy atom. The maximum atomic E-state index is 5.82. The van der Waals surface area contributed by atoms with Gasteiger partial charge in [-0.3, -0.25) is 4.98 Å². The minimum atomic E-state index is 0.612. The van der Waals surface area contributed by atoms with Gasteiger partial charge in [0.1, 0.15) is 5.75 Å². The molecule has 1 aliphatic rings. The van der Waals surface area contributed by atoms with Gasteiger partial charge in [0.2, 0.25) is 0 Å². The molecule has 0 amide bonds. The van der Waals surface area contributed by atoms with Crippen LogP contribution in [-0.2, 0) is 0 Å². The van der Waals surface area contributed by atoms with Crippen LogP contribution < -0.4 is 10.1 Å². The van der Waals surface area contributed by atoms with Crippen molar-refractivity contribution >= 4 is 11.6 Å². The van der Waals surface area contributed by atoms with E-state index < -0.39 is 0 Å². The topological polar surface area (TPSA) is 34.1 Å². The summed E-state index contributed by atoms with van der Waals surface area (Å²) in [6.07, 6.45) is 8.24. The van der Waals surface area contributed by atoms with Crippen molar-refractivity contribution in [3.8, 4) is 5.75 Å². The summed E-state index contributed by atoms with van der Waals surface area (Å²) < 4.78 is 5.60. The van der Waals surface area contributed by atoms with Crippen LogP contribution >= 0.6 is 11.6 Å². The second-order valence-corrected chi connectivity index (χ2v) is 4.56.